The van der Waals surface area contributed by atoms with Gasteiger partial charge in [-0.1, -0.05) is 0 Å². The molecule has 3 heterocycles. The largest absolute Gasteiger partial charge is 0.373 e. The van der Waals surface area contributed by atoms with Crippen molar-refractivity contribution in [3.63, 3.8) is 0 Å². The number of aromatic nitrogens is 2. The van der Waals surface area contributed by atoms with Crippen molar-refractivity contribution in [1.82, 2.24) is 9.55 Å². The fourth-order valence-electron chi connectivity index (χ4n) is 2.65. The summed E-state index contributed by atoms with van der Waals surface area (Å²) in [7, 11) is 0. The zero-order valence-electron chi connectivity index (χ0n) is 9.43. The van der Waals surface area contributed by atoms with Crippen molar-refractivity contribution in [3.05, 3.63) is 17.7 Å². The van der Waals surface area contributed by atoms with E-state index in [0.29, 0.717) is 0 Å². The van der Waals surface area contributed by atoms with Gasteiger partial charge in [0.05, 0.1) is 5.69 Å². The second-order valence-corrected chi connectivity index (χ2v) is 6.01. The Balaban J connectivity index is 1.75. The smallest absolute Gasteiger partial charge is 0.131 e. The molecule has 2 aliphatic rings. The van der Waals surface area contributed by atoms with Gasteiger partial charge in [-0.15, -0.1) is 0 Å². The molecule has 0 radical (unpaired) electrons. The van der Waals surface area contributed by atoms with Gasteiger partial charge in [0.25, 0.3) is 0 Å². The topological polar surface area (TPSA) is 38.1 Å². The Morgan fingerprint density at radius 2 is 2.44 bits per heavy atom. The van der Waals surface area contributed by atoms with E-state index in [1.54, 1.807) is 0 Å². The highest BCUT2D eigenvalue weighted by Crippen LogP contribution is 2.28. The molecular formula is C12H18N2OS. The summed E-state index contributed by atoms with van der Waals surface area (Å²) in [5.41, 5.74) is 1.18. The summed E-state index contributed by atoms with van der Waals surface area (Å²) in [5, 5.41) is 9.85. The third-order valence-corrected chi connectivity index (χ3v) is 4.80. The molecule has 0 saturated carbocycles. The lowest BCUT2D eigenvalue weighted by molar-refractivity contribution is 0.0780. The first-order valence-electron chi connectivity index (χ1n) is 6.15. The molecular weight excluding hydrogens is 220 g/mol. The molecule has 2 unspecified atom stereocenters. The van der Waals surface area contributed by atoms with Crippen LogP contribution in [-0.4, -0.2) is 26.2 Å². The Hall–Kier alpha value is -0.480. The zero-order chi connectivity index (χ0) is 11.0. The van der Waals surface area contributed by atoms with Crippen LogP contribution < -0.4 is 0 Å². The predicted molar refractivity (Wildman–Crippen MR) is 65.6 cm³/mol. The maximum atomic E-state index is 9.85. The average molecular weight is 238 g/mol. The van der Waals surface area contributed by atoms with Gasteiger partial charge in [-0.2, -0.15) is 11.8 Å². The Labute approximate surface area is 100 Å². The van der Waals surface area contributed by atoms with E-state index >= 15 is 0 Å². The summed E-state index contributed by atoms with van der Waals surface area (Å²) in [6.45, 7) is 0. The average Bonchev–Trinajstić information content (AvgIpc) is 2.88. The Bertz CT molecular complexity index is 371. The maximum Gasteiger partial charge on any atom is 0.131 e. The van der Waals surface area contributed by atoms with Crippen molar-refractivity contribution in [2.75, 3.05) is 11.5 Å². The van der Waals surface area contributed by atoms with Crippen LogP contribution >= 0.6 is 11.8 Å². The van der Waals surface area contributed by atoms with Crippen molar-refractivity contribution in [1.29, 1.82) is 0 Å². The Kier molecular flexibility index (Phi) is 2.94. The van der Waals surface area contributed by atoms with Crippen LogP contribution in [-0.2, 0) is 12.8 Å². The molecule has 0 bridgehead atoms. The highest BCUT2D eigenvalue weighted by Gasteiger charge is 2.22. The normalized spacial score (nSPS) is 29.3. The van der Waals surface area contributed by atoms with Crippen LogP contribution in [0.4, 0.5) is 0 Å². The monoisotopic (exact) mass is 238 g/mol. The molecule has 3 nitrogen and oxygen atoms in total. The van der Waals surface area contributed by atoms with Gasteiger partial charge in [0.2, 0.25) is 0 Å². The van der Waals surface area contributed by atoms with Crippen molar-refractivity contribution >= 4 is 11.8 Å². The van der Waals surface area contributed by atoms with Gasteiger partial charge in [-0.3, -0.25) is 0 Å². The van der Waals surface area contributed by atoms with E-state index in [9.17, 15) is 5.11 Å². The molecule has 1 aromatic rings. The summed E-state index contributed by atoms with van der Waals surface area (Å²) in [5.74, 6) is 4.48. The van der Waals surface area contributed by atoms with E-state index < -0.39 is 0 Å². The van der Waals surface area contributed by atoms with Gasteiger partial charge in [0, 0.05) is 12.6 Å². The maximum absolute atomic E-state index is 9.85. The minimum Gasteiger partial charge on any atom is -0.373 e. The van der Waals surface area contributed by atoms with E-state index in [1.807, 2.05) is 4.57 Å². The lowest BCUT2D eigenvalue weighted by atomic mass is 10.0. The van der Waals surface area contributed by atoms with Crippen molar-refractivity contribution in [3.8, 4) is 0 Å². The fourth-order valence-corrected chi connectivity index (χ4v) is 3.94. The minimum absolute atomic E-state index is 0.331. The van der Waals surface area contributed by atoms with Gasteiger partial charge < -0.3 is 9.67 Å². The molecule has 0 aromatic carbocycles. The molecule has 1 saturated heterocycles. The quantitative estimate of drug-likeness (QED) is 0.856. The van der Waals surface area contributed by atoms with Crippen LogP contribution in [0.2, 0.25) is 0 Å². The summed E-state index contributed by atoms with van der Waals surface area (Å²) in [4.78, 5) is 4.66. The first-order chi connectivity index (χ1) is 7.83. The molecule has 2 aliphatic heterocycles. The molecule has 2 atom stereocenters. The lowest BCUT2D eigenvalue weighted by Crippen LogP contribution is -2.16. The summed E-state index contributed by atoms with van der Waals surface area (Å²) < 4.78 is 1.97. The van der Waals surface area contributed by atoms with Gasteiger partial charge in [0.15, 0.2) is 0 Å². The SMILES string of the molecule is OC1CCCc2nc(CC3CCSC3)cn21. The molecule has 88 valence electrons. The third-order valence-electron chi connectivity index (χ3n) is 3.56. The number of nitrogens with zero attached hydrogens (tertiary/aromatic N) is 2. The van der Waals surface area contributed by atoms with E-state index in [1.165, 1.54) is 23.6 Å². The number of hydrogen-bond donors (Lipinski definition) is 1. The van der Waals surface area contributed by atoms with Crippen LogP contribution in [0.25, 0.3) is 0 Å². The Morgan fingerprint density at radius 1 is 1.50 bits per heavy atom. The summed E-state index contributed by atoms with van der Waals surface area (Å²) in [6, 6.07) is 0. The minimum atomic E-state index is -0.331. The fraction of sp³-hybridized carbons (Fsp3) is 0.750. The van der Waals surface area contributed by atoms with E-state index in [2.05, 4.69) is 22.9 Å². The standard InChI is InChI=1S/C12H18N2OS/c15-12-3-1-2-11-13-10(7-14(11)12)6-9-4-5-16-8-9/h7,9,12,15H,1-6,8H2. The second kappa shape index (κ2) is 4.41. The third kappa shape index (κ3) is 2.00. The molecule has 0 spiro atoms. The number of thioether (sulfide) groups is 1. The van der Waals surface area contributed by atoms with E-state index in [-0.39, 0.29) is 6.23 Å². The number of aliphatic hydroxyl groups excluding tert-OH is 1. The van der Waals surface area contributed by atoms with Gasteiger partial charge in [-0.05, 0) is 43.1 Å². The summed E-state index contributed by atoms with van der Waals surface area (Å²) >= 11 is 2.05. The van der Waals surface area contributed by atoms with Crippen molar-refractivity contribution in [2.45, 2.75) is 38.3 Å². The molecule has 0 amide bonds. The molecule has 16 heavy (non-hydrogen) atoms. The zero-order valence-corrected chi connectivity index (χ0v) is 10.2. The summed E-state index contributed by atoms with van der Waals surface area (Å²) in [6.07, 6.45) is 7.13. The molecule has 3 rings (SSSR count). The van der Waals surface area contributed by atoms with E-state index in [4.69, 9.17) is 0 Å². The van der Waals surface area contributed by atoms with Gasteiger partial charge in [0.1, 0.15) is 12.1 Å². The molecule has 1 fully saturated rings. The highest BCUT2D eigenvalue weighted by atomic mass is 32.2. The Morgan fingerprint density at radius 3 is 3.19 bits per heavy atom. The van der Waals surface area contributed by atoms with Crippen molar-refractivity contribution < 1.29 is 5.11 Å². The highest BCUT2D eigenvalue weighted by molar-refractivity contribution is 7.99. The van der Waals surface area contributed by atoms with Crippen LogP contribution in [0.15, 0.2) is 6.20 Å². The van der Waals surface area contributed by atoms with Gasteiger partial charge >= 0.3 is 0 Å². The lowest BCUT2D eigenvalue weighted by Gasteiger charge is -2.19. The number of aryl methyl sites for hydroxylation is 1. The van der Waals surface area contributed by atoms with Crippen LogP contribution in [0.5, 0.6) is 0 Å². The second-order valence-electron chi connectivity index (χ2n) is 4.86. The number of aliphatic hydroxyl groups is 1. The van der Waals surface area contributed by atoms with E-state index in [0.717, 1.165) is 37.4 Å². The number of rotatable bonds is 2. The van der Waals surface area contributed by atoms with Gasteiger partial charge in [-0.25, -0.2) is 4.98 Å². The molecule has 1 N–H and O–H groups in total. The number of imidazole rings is 1. The number of hydrogen-bond acceptors (Lipinski definition) is 3. The number of fused-ring (bicyclic) bond motifs is 1. The molecule has 0 aliphatic carbocycles. The van der Waals surface area contributed by atoms with Crippen molar-refractivity contribution in [2.24, 2.45) is 5.92 Å². The first-order valence-corrected chi connectivity index (χ1v) is 7.31. The van der Waals surface area contributed by atoms with Crippen LogP contribution in [0.3, 0.4) is 0 Å². The van der Waals surface area contributed by atoms with Crippen LogP contribution in [0, 0.1) is 5.92 Å². The van der Waals surface area contributed by atoms with Crippen LogP contribution in [0.1, 0.15) is 37.0 Å². The predicted octanol–water partition coefficient (Wildman–Crippen LogP) is 2.01. The first kappa shape index (κ1) is 10.7. The molecule has 1 aromatic heterocycles. The molecule has 4 heteroatoms.